The summed E-state index contributed by atoms with van der Waals surface area (Å²) >= 11 is 0. The van der Waals surface area contributed by atoms with Crippen LogP contribution in [0, 0.1) is 0 Å². The molecule has 0 saturated heterocycles. The number of nitrogens with zero attached hydrogens (tertiary/aromatic N) is 2. The highest BCUT2D eigenvalue weighted by molar-refractivity contribution is 5.01. The molecule has 0 spiro atoms. The number of hydrogen-bond donors (Lipinski definition) is 0. The molecule has 1 rings (SSSR count). The Balaban J connectivity index is 0.00000121. The first-order chi connectivity index (χ1) is 8.24. The second-order valence-corrected chi connectivity index (χ2v) is 3.80. The molecule has 4 nitrogen and oxygen atoms in total. The minimum Gasteiger partial charge on any atom is -0.382 e. The van der Waals surface area contributed by atoms with Crippen LogP contribution in [-0.4, -0.2) is 36.5 Å². The van der Waals surface area contributed by atoms with Crippen LogP contribution in [0.5, 0.6) is 0 Å². The molecule has 0 aliphatic carbocycles. The third-order valence-corrected chi connectivity index (χ3v) is 2.17. The van der Waals surface area contributed by atoms with E-state index < -0.39 is 0 Å². The van der Waals surface area contributed by atoms with Crippen LogP contribution in [0.3, 0.4) is 0 Å². The zero-order valence-electron chi connectivity index (χ0n) is 11.8. The molecule has 17 heavy (non-hydrogen) atoms. The van der Waals surface area contributed by atoms with E-state index in [1.54, 1.807) is 7.11 Å². The molecule has 0 aromatic carbocycles. The smallest absolute Gasteiger partial charge is 0.0950 e. The molecule has 0 N–H and O–H groups in total. The molecular weight excluding hydrogens is 216 g/mol. The minimum atomic E-state index is 0.487. The van der Waals surface area contributed by atoms with Crippen LogP contribution >= 0.6 is 0 Å². The molecule has 0 amide bonds. The monoisotopic (exact) mass is 242 g/mol. The molecule has 0 radical (unpaired) electrons. The van der Waals surface area contributed by atoms with Crippen LogP contribution in [0.2, 0.25) is 0 Å². The van der Waals surface area contributed by atoms with Crippen molar-refractivity contribution in [1.29, 1.82) is 0 Å². The van der Waals surface area contributed by atoms with Crippen LogP contribution < -0.4 is 0 Å². The molecule has 1 aromatic heterocycles. The molecule has 4 heteroatoms. The van der Waals surface area contributed by atoms with Crippen molar-refractivity contribution in [3.05, 3.63) is 18.2 Å². The molecule has 0 aliphatic heterocycles. The van der Waals surface area contributed by atoms with Gasteiger partial charge in [0.15, 0.2) is 0 Å². The summed E-state index contributed by atoms with van der Waals surface area (Å²) < 4.78 is 12.3. The lowest BCUT2D eigenvalue weighted by Crippen LogP contribution is -2.08. The van der Waals surface area contributed by atoms with E-state index in [0.29, 0.717) is 25.7 Å². The lowest BCUT2D eigenvalue weighted by Gasteiger charge is -2.04. The van der Waals surface area contributed by atoms with Gasteiger partial charge in [-0.05, 0) is 5.92 Å². The molecule has 0 aliphatic rings. The fourth-order valence-electron chi connectivity index (χ4n) is 1.21. The molecular formula is C13H26N2O2. The maximum atomic E-state index is 5.37. The predicted octanol–water partition coefficient (Wildman–Crippen LogP) is 2.70. The van der Waals surface area contributed by atoms with E-state index in [1.807, 2.05) is 20.2 Å². The Labute approximate surface area is 105 Å². The van der Waals surface area contributed by atoms with Crippen molar-refractivity contribution < 1.29 is 9.47 Å². The Bertz CT molecular complexity index is 272. The van der Waals surface area contributed by atoms with Crippen molar-refractivity contribution in [1.82, 2.24) is 9.55 Å². The normalized spacial score (nSPS) is 10.2. The van der Waals surface area contributed by atoms with Crippen molar-refractivity contribution in [3.8, 4) is 0 Å². The second-order valence-electron chi connectivity index (χ2n) is 3.80. The number of ether oxygens (including phenoxy) is 2. The first-order valence-electron chi connectivity index (χ1n) is 6.32. The lowest BCUT2D eigenvalue weighted by molar-refractivity contribution is 0.0666. The van der Waals surface area contributed by atoms with Gasteiger partial charge < -0.3 is 14.0 Å². The highest BCUT2D eigenvalue weighted by Crippen LogP contribution is 2.10. The largest absolute Gasteiger partial charge is 0.382 e. The van der Waals surface area contributed by atoms with Crippen LogP contribution in [0.25, 0.3) is 0 Å². The summed E-state index contributed by atoms with van der Waals surface area (Å²) in [4.78, 5) is 4.31. The van der Waals surface area contributed by atoms with Gasteiger partial charge in [-0.25, -0.2) is 4.98 Å². The summed E-state index contributed by atoms with van der Waals surface area (Å²) in [5.41, 5.74) is 1.13. The predicted molar refractivity (Wildman–Crippen MR) is 70.4 cm³/mol. The van der Waals surface area contributed by atoms with Gasteiger partial charge in [-0.1, -0.05) is 27.7 Å². The summed E-state index contributed by atoms with van der Waals surface area (Å²) in [7, 11) is 1.67. The summed E-state index contributed by atoms with van der Waals surface area (Å²) in [6, 6.07) is 0. The third kappa shape index (κ3) is 7.13. The van der Waals surface area contributed by atoms with E-state index >= 15 is 0 Å². The number of aromatic nitrogens is 2. The molecule has 0 bridgehead atoms. The van der Waals surface area contributed by atoms with Gasteiger partial charge >= 0.3 is 0 Å². The first kappa shape index (κ1) is 16.1. The maximum absolute atomic E-state index is 5.37. The zero-order valence-corrected chi connectivity index (χ0v) is 11.8. The van der Waals surface area contributed by atoms with Gasteiger partial charge in [0.25, 0.3) is 0 Å². The van der Waals surface area contributed by atoms with E-state index in [-0.39, 0.29) is 0 Å². The van der Waals surface area contributed by atoms with E-state index in [9.17, 15) is 0 Å². The minimum absolute atomic E-state index is 0.487. The van der Waals surface area contributed by atoms with Gasteiger partial charge in [-0.2, -0.15) is 0 Å². The number of methoxy groups -OCH3 is 1. The Kier molecular flexibility index (Phi) is 9.77. The second kappa shape index (κ2) is 10.3. The lowest BCUT2D eigenvalue weighted by atomic mass is 10.2. The standard InChI is InChI=1S/C11H20N2O2.C2H6/c1-10(2)11-8-13(9-12-11)4-5-15-7-6-14-3;1-2/h8-10H,4-7H2,1-3H3;1-2H3. The number of rotatable bonds is 7. The molecule has 0 unspecified atom stereocenters. The van der Waals surface area contributed by atoms with Gasteiger partial charge in [0.05, 0.1) is 31.8 Å². The van der Waals surface area contributed by atoms with Gasteiger partial charge in [0, 0.05) is 19.9 Å². The zero-order chi connectivity index (χ0) is 13.1. The quantitative estimate of drug-likeness (QED) is 0.690. The van der Waals surface area contributed by atoms with Gasteiger partial charge in [-0.3, -0.25) is 0 Å². The van der Waals surface area contributed by atoms with Crippen LogP contribution in [0.15, 0.2) is 12.5 Å². The highest BCUT2D eigenvalue weighted by atomic mass is 16.5. The third-order valence-electron chi connectivity index (χ3n) is 2.17. The number of imidazole rings is 1. The summed E-state index contributed by atoms with van der Waals surface area (Å²) in [5.74, 6) is 0.487. The Morgan fingerprint density at radius 2 is 1.94 bits per heavy atom. The van der Waals surface area contributed by atoms with Crippen molar-refractivity contribution >= 4 is 0 Å². The number of hydrogen-bond acceptors (Lipinski definition) is 3. The van der Waals surface area contributed by atoms with E-state index in [4.69, 9.17) is 9.47 Å². The van der Waals surface area contributed by atoms with Crippen LogP contribution in [-0.2, 0) is 16.0 Å². The average Bonchev–Trinajstić information content (AvgIpc) is 2.80. The molecule has 0 atom stereocenters. The van der Waals surface area contributed by atoms with Crippen molar-refractivity contribution in [3.63, 3.8) is 0 Å². The summed E-state index contributed by atoms with van der Waals surface area (Å²) in [5, 5.41) is 0. The van der Waals surface area contributed by atoms with Gasteiger partial charge in [-0.15, -0.1) is 0 Å². The van der Waals surface area contributed by atoms with Crippen molar-refractivity contribution in [2.75, 3.05) is 26.9 Å². The average molecular weight is 242 g/mol. The fraction of sp³-hybridized carbons (Fsp3) is 0.769. The van der Waals surface area contributed by atoms with Crippen LogP contribution in [0.1, 0.15) is 39.3 Å². The molecule has 1 aromatic rings. The highest BCUT2D eigenvalue weighted by Gasteiger charge is 2.02. The topological polar surface area (TPSA) is 36.3 Å². The molecule has 100 valence electrons. The Hall–Kier alpha value is -0.870. The van der Waals surface area contributed by atoms with Crippen molar-refractivity contribution in [2.24, 2.45) is 0 Å². The Morgan fingerprint density at radius 1 is 1.24 bits per heavy atom. The fourth-order valence-corrected chi connectivity index (χ4v) is 1.21. The van der Waals surface area contributed by atoms with E-state index in [2.05, 4.69) is 29.6 Å². The van der Waals surface area contributed by atoms with Gasteiger partial charge in [0.2, 0.25) is 0 Å². The first-order valence-corrected chi connectivity index (χ1v) is 6.32. The van der Waals surface area contributed by atoms with Crippen LogP contribution in [0.4, 0.5) is 0 Å². The summed E-state index contributed by atoms with van der Waals surface area (Å²) in [6.07, 6.45) is 3.93. The van der Waals surface area contributed by atoms with E-state index in [1.165, 1.54) is 0 Å². The SMILES string of the molecule is CC.COCCOCCn1cnc(C(C)C)c1. The molecule has 1 heterocycles. The molecule has 0 saturated carbocycles. The summed E-state index contributed by atoms with van der Waals surface area (Å²) in [6.45, 7) is 11.1. The Morgan fingerprint density at radius 3 is 2.47 bits per heavy atom. The van der Waals surface area contributed by atoms with E-state index in [0.717, 1.165) is 12.2 Å². The van der Waals surface area contributed by atoms with Crippen molar-refractivity contribution in [2.45, 2.75) is 40.2 Å². The molecule has 0 fully saturated rings. The van der Waals surface area contributed by atoms with Gasteiger partial charge in [0.1, 0.15) is 0 Å². The maximum Gasteiger partial charge on any atom is 0.0950 e.